The number of hydrogen-bond donors (Lipinski definition) is 1. The molecule has 1 N–H and O–H groups in total. The van der Waals surface area contributed by atoms with Crippen LogP contribution in [0.3, 0.4) is 0 Å². The van der Waals surface area contributed by atoms with Crippen molar-refractivity contribution >= 4 is 23.0 Å². The van der Waals surface area contributed by atoms with Crippen LogP contribution in [-0.2, 0) is 9.53 Å². The molecule has 0 saturated carbocycles. The molecular weight excluding hydrogens is 322 g/mol. The monoisotopic (exact) mass is 345 g/mol. The Morgan fingerprint density at radius 2 is 2.04 bits per heavy atom. The zero-order valence-corrected chi connectivity index (χ0v) is 14.7. The Morgan fingerprint density at radius 1 is 1.28 bits per heavy atom. The standard InChI is InChI=1S/C19H23NO5/c1-19(2,3)25-18(23)20-8-6-14(15(11-20)17(21)22)12-4-5-16-13(10-12)7-9-24-16/h4-5,7,9-10,14-15H,6,8,11H2,1-3H3,(H,21,22)/t14-,15?/m1/s1. The van der Waals surface area contributed by atoms with Gasteiger partial charge in [-0.3, -0.25) is 4.79 Å². The van der Waals surface area contributed by atoms with Crippen molar-refractivity contribution < 1.29 is 23.8 Å². The number of carbonyl (C=O) groups excluding carboxylic acids is 1. The number of carbonyl (C=O) groups is 2. The number of carboxylic acid groups (broad SMARTS) is 1. The van der Waals surface area contributed by atoms with Crippen LogP contribution in [0.25, 0.3) is 11.0 Å². The smallest absolute Gasteiger partial charge is 0.410 e. The van der Waals surface area contributed by atoms with E-state index in [-0.39, 0.29) is 12.5 Å². The zero-order valence-electron chi connectivity index (χ0n) is 14.7. The Kier molecular flexibility index (Phi) is 4.45. The molecule has 2 aromatic rings. The number of piperidine rings is 1. The van der Waals surface area contributed by atoms with E-state index in [0.717, 1.165) is 16.5 Å². The fourth-order valence-corrected chi connectivity index (χ4v) is 3.31. The minimum atomic E-state index is -0.898. The summed E-state index contributed by atoms with van der Waals surface area (Å²) in [7, 11) is 0. The summed E-state index contributed by atoms with van der Waals surface area (Å²) < 4.78 is 10.7. The van der Waals surface area contributed by atoms with E-state index in [2.05, 4.69) is 0 Å². The van der Waals surface area contributed by atoms with Gasteiger partial charge in [0, 0.05) is 24.4 Å². The minimum absolute atomic E-state index is 0.143. The van der Waals surface area contributed by atoms with Gasteiger partial charge in [-0.1, -0.05) is 6.07 Å². The predicted octanol–water partition coefficient (Wildman–Crippen LogP) is 3.86. The van der Waals surface area contributed by atoms with Crippen LogP contribution < -0.4 is 0 Å². The van der Waals surface area contributed by atoms with Gasteiger partial charge in [0.2, 0.25) is 0 Å². The van der Waals surface area contributed by atoms with Crippen LogP contribution >= 0.6 is 0 Å². The summed E-state index contributed by atoms with van der Waals surface area (Å²) in [6.45, 7) is 6.02. The summed E-state index contributed by atoms with van der Waals surface area (Å²) >= 11 is 0. The van der Waals surface area contributed by atoms with Crippen molar-refractivity contribution in [3.63, 3.8) is 0 Å². The zero-order chi connectivity index (χ0) is 18.2. The maximum absolute atomic E-state index is 12.3. The molecule has 6 heteroatoms. The lowest BCUT2D eigenvalue weighted by Crippen LogP contribution is -2.47. The number of benzene rings is 1. The van der Waals surface area contributed by atoms with Gasteiger partial charge in [0.05, 0.1) is 12.2 Å². The number of amides is 1. The summed E-state index contributed by atoms with van der Waals surface area (Å²) in [6.07, 6.45) is 1.75. The largest absolute Gasteiger partial charge is 0.481 e. The van der Waals surface area contributed by atoms with Gasteiger partial charge in [-0.2, -0.15) is 0 Å². The molecule has 25 heavy (non-hydrogen) atoms. The van der Waals surface area contributed by atoms with Gasteiger partial charge in [-0.25, -0.2) is 4.79 Å². The van der Waals surface area contributed by atoms with Crippen LogP contribution in [0, 0.1) is 5.92 Å². The van der Waals surface area contributed by atoms with Crippen molar-refractivity contribution in [2.75, 3.05) is 13.1 Å². The quantitative estimate of drug-likeness (QED) is 0.894. The van der Waals surface area contributed by atoms with Crippen LogP contribution in [0.15, 0.2) is 34.9 Å². The molecule has 1 fully saturated rings. The van der Waals surface area contributed by atoms with Gasteiger partial charge in [0.25, 0.3) is 0 Å². The summed E-state index contributed by atoms with van der Waals surface area (Å²) in [5.41, 5.74) is 1.14. The van der Waals surface area contributed by atoms with E-state index in [1.165, 1.54) is 4.90 Å². The molecule has 1 amide bonds. The Balaban J connectivity index is 1.80. The van der Waals surface area contributed by atoms with Crippen molar-refractivity contribution in [2.45, 2.75) is 38.7 Å². The number of rotatable bonds is 2. The van der Waals surface area contributed by atoms with E-state index in [0.29, 0.717) is 13.0 Å². The first-order chi connectivity index (χ1) is 11.7. The average Bonchev–Trinajstić information content (AvgIpc) is 3.00. The van der Waals surface area contributed by atoms with Crippen LogP contribution in [0.5, 0.6) is 0 Å². The highest BCUT2D eigenvalue weighted by molar-refractivity contribution is 5.79. The summed E-state index contributed by atoms with van der Waals surface area (Å²) in [5.74, 6) is -1.70. The van der Waals surface area contributed by atoms with Crippen LogP contribution in [-0.4, -0.2) is 40.8 Å². The second kappa shape index (κ2) is 6.43. The lowest BCUT2D eigenvalue weighted by Gasteiger charge is -2.37. The fourth-order valence-electron chi connectivity index (χ4n) is 3.31. The number of furan rings is 1. The highest BCUT2D eigenvalue weighted by atomic mass is 16.6. The number of hydrogen-bond acceptors (Lipinski definition) is 4. The number of likely N-dealkylation sites (tertiary alicyclic amines) is 1. The molecule has 0 bridgehead atoms. The van der Waals surface area contributed by atoms with Gasteiger partial charge >= 0.3 is 12.1 Å². The molecule has 2 atom stereocenters. The fraction of sp³-hybridized carbons (Fsp3) is 0.474. The maximum Gasteiger partial charge on any atom is 0.410 e. The molecule has 1 aromatic heterocycles. The molecule has 1 aliphatic heterocycles. The van der Waals surface area contributed by atoms with E-state index < -0.39 is 23.6 Å². The molecule has 1 aromatic carbocycles. The third-order valence-electron chi connectivity index (χ3n) is 4.49. The molecule has 1 aliphatic rings. The summed E-state index contributed by atoms with van der Waals surface area (Å²) in [6, 6.07) is 7.62. The summed E-state index contributed by atoms with van der Waals surface area (Å²) in [4.78, 5) is 25.6. The first kappa shape index (κ1) is 17.3. The Hall–Kier alpha value is -2.50. The number of carboxylic acids is 1. The molecule has 1 saturated heterocycles. The number of nitrogens with zero attached hydrogens (tertiary/aromatic N) is 1. The molecule has 1 unspecified atom stereocenters. The highest BCUT2D eigenvalue weighted by Gasteiger charge is 2.38. The lowest BCUT2D eigenvalue weighted by atomic mass is 9.80. The summed E-state index contributed by atoms with van der Waals surface area (Å²) in [5, 5.41) is 10.6. The Bertz CT molecular complexity index is 788. The third-order valence-corrected chi connectivity index (χ3v) is 4.49. The minimum Gasteiger partial charge on any atom is -0.481 e. The van der Waals surface area contributed by atoms with Crippen molar-refractivity contribution in [1.82, 2.24) is 4.90 Å². The SMILES string of the molecule is CC(C)(C)OC(=O)N1CC[C@H](c2ccc3occc3c2)C(C(=O)O)C1. The average molecular weight is 345 g/mol. The third kappa shape index (κ3) is 3.78. The first-order valence-electron chi connectivity index (χ1n) is 8.42. The highest BCUT2D eigenvalue weighted by Crippen LogP contribution is 2.35. The lowest BCUT2D eigenvalue weighted by molar-refractivity contribution is -0.144. The second-order valence-electron chi connectivity index (χ2n) is 7.48. The molecular formula is C19H23NO5. The van der Waals surface area contributed by atoms with Crippen molar-refractivity contribution in [3.8, 4) is 0 Å². The van der Waals surface area contributed by atoms with Crippen LogP contribution in [0.2, 0.25) is 0 Å². The van der Waals surface area contributed by atoms with Crippen molar-refractivity contribution in [3.05, 3.63) is 36.1 Å². The van der Waals surface area contributed by atoms with Gasteiger partial charge < -0.3 is 19.2 Å². The molecule has 0 aliphatic carbocycles. The second-order valence-corrected chi connectivity index (χ2v) is 7.48. The predicted molar refractivity (Wildman–Crippen MR) is 92.5 cm³/mol. The van der Waals surface area contributed by atoms with Crippen LogP contribution in [0.1, 0.15) is 38.7 Å². The normalized spacial score (nSPS) is 21.3. The maximum atomic E-state index is 12.3. The van der Waals surface area contributed by atoms with E-state index in [1.54, 1.807) is 27.0 Å². The van der Waals surface area contributed by atoms with E-state index in [1.807, 2.05) is 24.3 Å². The number of ether oxygens (including phenoxy) is 1. The van der Waals surface area contributed by atoms with Gasteiger partial charge in [0.1, 0.15) is 11.2 Å². The Morgan fingerprint density at radius 3 is 2.72 bits per heavy atom. The van der Waals surface area contributed by atoms with Gasteiger partial charge in [-0.15, -0.1) is 0 Å². The number of fused-ring (bicyclic) bond motifs is 1. The molecule has 3 rings (SSSR count). The molecule has 6 nitrogen and oxygen atoms in total. The van der Waals surface area contributed by atoms with E-state index >= 15 is 0 Å². The van der Waals surface area contributed by atoms with Gasteiger partial charge in [0.15, 0.2) is 0 Å². The van der Waals surface area contributed by atoms with E-state index in [4.69, 9.17) is 9.15 Å². The first-order valence-corrected chi connectivity index (χ1v) is 8.42. The van der Waals surface area contributed by atoms with Gasteiger partial charge in [-0.05, 0) is 51.0 Å². The van der Waals surface area contributed by atoms with Crippen molar-refractivity contribution in [2.24, 2.45) is 5.92 Å². The molecule has 2 heterocycles. The molecule has 0 spiro atoms. The topological polar surface area (TPSA) is 80.0 Å². The Labute approximate surface area is 146 Å². The number of aliphatic carboxylic acids is 1. The van der Waals surface area contributed by atoms with Crippen LogP contribution in [0.4, 0.5) is 4.79 Å². The van der Waals surface area contributed by atoms with Crippen molar-refractivity contribution in [1.29, 1.82) is 0 Å². The molecule has 134 valence electrons. The molecule has 0 radical (unpaired) electrons. The van der Waals surface area contributed by atoms with E-state index in [9.17, 15) is 14.7 Å².